The lowest BCUT2D eigenvalue weighted by atomic mass is 9.94. The number of carbonyl (C=O) groups is 2. The quantitative estimate of drug-likeness (QED) is 0.871. The first-order valence-electron chi connectivity index (χ1n) is 7.52. The minimum absolute atomic E-state index is 0.159. The van der Waals surface area contributed by atoms with Gasteiger partial charge in [0.2, 0.25) is 0 Å². The van der Waals surface area contributed by atoms with E-state index in [1.807, 2.05) is 32.0 Å². The molecule has 0 bridgehead atoms. The third kappa shape index (κ3) is 5.81. The van der Waals surface area contributed by atoms with Crippen molar-refractivity contribution in [3.8, 4) is 0 Å². The molecular formula is C17H26N2O4. The number of aromatic carboxylic acids is 1. The van der Waals surface area contributed by atoms with Gasteiger partial charge in [-0.05, 0) is 50.5 Å². The molecule has 1 amide bonds. The van der Waals surface area contributed by atoms with E-state index in [1.54, 1.807) is 32.9 Å². The van der Waals surface area contributed by atoms with Crippen LogP contribution in [0.2, 0.25) is 0 Å². The fraction of sp³-hybridized carbons (Fsp3) is 0.529. The predicted molar refractivity (Wildman–Crippen MR) is 90.4 cm³/mol. The lowest BCUT2D eigenvalue weighted by Crippen LogP contribution is -2.34. The number of carbonyl (C=O) groups excluding carboxylic acids is 1. The molecule has 0 radical (unpaired) electrons. The number of hydrogen-bond donors (Lipinski definition) is 2. The number of alkyl carbamates (subject to hydrolysis) is 1. The Bertz CT molecular complexity index is 576. The van der Waals surface area contributed by atoms with Crippen LogP contribution in [-0.4, -0.2) is 43.4 Å². The second-order valence-electron chi connectivity index (χ2n) is 6.75. The molecule has 0 aliphatic rings. The van der Waals surface area contributed by atoms with Gasteiger partial charge in [-0.25, -0.2) is 9.59 Å². The summed E-state index contributed by atoms with van der Waals surface area (Å²) in [6.45, 7) is 7.54. The van der Waals surface area contributed by atoms with Gasteiger partial charge in [-0.1, -0.05) is 6.92 Å². The third-order valence-corrected chi connectivity index (χ3v) is 3.26. The van der Waals surface area contributed by atoms with Crippen molar-refractivity contribution in [1.82, 2.24) is 5.32 Å². The number of rotatable bonds is 5. The first-order chi connectivity index (χ1) is 10.5. The number of benzene rings is 1. The van der Waals surface area contributed by atoms with Crippen LogP contribution in [0.3, 0.4) is 0 Å². The van der Waals surface area contributed by atoms with Gasteiger partial charge >= 0.3 is 12.1 Å². The lowest BCUT2D eigenvalue weighted by Gasteiger charge is -2.22. The Kier molecular flexibility index (Phi) is 6.01. The van der Waals surface area contributed by atoms with Crippen LogP contribution in [0.4, 0.5) is 10.5 Å². The first kappa shape index (κ1) is 18.8. The number of nitrogens with zero attached hydrogens (tertiary/aromatic N) is 1. The summed E-state index contributed by atoms with van der Waals surface area (Å²) in [6, 6.07) is 5.20. The molecule has 1 aromatic rings. The molecule has 6 heteroatoms. The van der Waals surface area contributed by atoms with E-state index in [0.717, 1.165) is 5.69 Å². The standard InChI is InChI=1S/C17H26N2O4/c1-11(10-18-16(22)23-17(2,3)4)14-9-12(19(5)6)7-8-13(14)15(20)21/h7-9,11H,10H2,1-6H3,(H,18,22)(H,20,21). The van der Waals surface area contributed by atoms with Gasteiger partial charge in [0.05, 0.1) is 5.56 Å². The SMILES string of the molecule is CC(CNC(=O)OC(C)(C)C)c1cc(N(C)C)ccc1C(=O)O. The molecule has 0 fully saturated rings. The largest absolute Gasteiger partial charge is 0.478 e. The molecule has 1 atom stereocenters. The molecule has 1 rings (SSSR count). The molecule has 0 saturated carbocycles. The van der Waals surface area contributed by atoms with Crippen molar-refractivity contribution in [3.63, 3.8) is 0 Å². The monoisotopic (exact) mass is 322 g/mol. The highest BCUT2D eigenvalue weighted by Crippen LogP contribution is 2.25. The molecule has 0 heterocycles. The van der Waals surface area contributed by atoms with Crippen molar-refractivity contribution in [2.24, 2.45) is 0 Å². The molecule has 128 valence electrons. The number of carboxylic acids is 1. The second-order valence-corrected chi connectivity index (χ2v) is 6.75. The number of anilines is 1. The van der Waals surface area contributed by atoms with E-state index in [0.29, 0.717) is 12.1 Å². The average molecular weight is 322 g/mol. The van der Waals surface area contributed by atoms with Crippen LogP contribution >= 0.6 is 0 Å². The van der Waals surface area contributed by atoms with Gasteiger partial charge in [0, 0.05) is 26.3 Å². The van der Waals surface area contributed by atoms with Crippen LogP contribution in [0.25, 0.3) is 0 Å². The summed E-state index contributed by atoms with van der Waals surface area (Å²) in [6.07, 6.45) is -0.509. The lowest BCUT2D eigenvalue weighted by molar-refractivity contribution is 0.0525. The summed E-state index contributed by atoms with van der Waals surface area (Å²) < 4.78 is 5.19. The molecule has 6 nitrogen and oxygen atoms in total. The molecule has 0 spiro atoms. The maximum atomic E-state index is 11.7. The fourth-order valence-electron chi connectivity index (χ4n) is 2.09. The number of hydrogen-bond acceptors (Lipinski definition) is 4. The highest BCUT2D eigenvalue weighted by atomic mass is 16.6. The highest BCUT2D eigenvalue weighted by Gasteiger charge is 2.20. The summed E-state index contributed by atoms with van der Waals surface area (Å²) in [5, 5.41) is 12.0. The summed E-state index contributed by atoms with van der Waals surface area (Å²) in [4.78, 5) is 25.0. The topological polar surface area (TPSA) is 78.9 Å². The zero-order chi connectivity index (χ0) is 17.8. The summed E-state index contributed by atoms with van der Waals surface area (Å²) >= 11 is 0. The Morgan fingerprint density at radius 1 is 1.30 bits per heavy atom. The van der Waals surface area contributed by atoms with Crippen LogP contribution < -0.4 is 10.2 Å². The zero-order valence-corrected chi connectivity index (χ0v) is 14.6. The molecule has 23 heavy (non-hydrogen) atoms. The number of ether oxygens (including phenoxy) is 1. The van der Waals surface area contributed by atoms with Gasteiger partial charge in [-0.2, -0.15) is 0 Å². The zero-order valence-electron chi connectivity index (χ0n) is 14.6. The molecule has 1 unspecified atom stereocenters. The highest BCUT2D eigenvalue weighted by molar-refractivity contribution is 5.90. The molecule has 0 aliphatic heterocycles. The molecule has 0 saturated heterocycles. The van der Waals surface area contributed by atoms with E-state index in [1.165, 1.54) is 0 Å². The van der Waals surface area contributed by atoms with Crippen molar-refractivity contribution in [2.75, 3.05) is 25.5 Å². The van der Waals surface area contributed by atoms with Gasteiger partial charge in [-0.3, -0.25) is 0 Å². The van der Waals surface area contributed by atoms with Crippen LogP contribution in [0, 0.1) is 0 Å². The van der Waals surface area contributed by atoms with E-state index in [-0.39, 0.29) is 11.5 Å². The van der Waals surface area contributed by atoms with E-state index < -0.39 is 17.7 Å². The van der Waals surface area contributed by atoms with Gasteiger partial charge < -0.3 is 20.1 Å². The van der Waals surface area contributed by atoms with Crippen LogP contribution in [0.15, 0.2) is 18.2 Å². The number of nitrogens with one attached hydrogen (secondary N) is 1. The van der Waals surface area contributed by atoms with Gasteiger partial charge in [0.25, 0.3) is 0 Å². The Hall–Kier alpha value is -2.24. The smallest absolute Gasteiger partial charge is 0.407 e. The van der Waals surface area contributed by atoms with E-state index in [9.17, 15) is 14.7 Å². The Labute approximate surface area is 137 Å². The van der Waals surface area contributed by atoms with Crippen LogP contribution in [0.1, 0.15) is 49.5 Å². The van der Waals surface area contributed by atoms with Crippen molar-refractivity contribution in [1.29, 1.82) is 0 Å². The van der Waals surface area contributed by atoms with Crippen molar-refractivity contribution < 1.29 is 19.4 Å². The fourth-order valence-corrected chi connectivity index (χ4v) is 2.09. The summed E-state index contributed by atoms with van der Waals surface area (Å²) in [5.41, 5.74) is 1.27. The molecule has 0 aromatic heterocycles. The summed E-state index contributed by atoms with van der Waals surface area (Å²) in [7, 11) is 3.78. The Balaban J connectivity index is 2.89. The number of carboxylic acid groups (broad SMARTS) is 1. The van der Waals surface area contributed by atoms with E-state index in [2.05, 4.69) is 5.32 Å². The van der Waals surface area contributed by atoms with Crippen molar-refractivity contribution in [3.05, 3.63) is 29.3 Å². The predicted octanol–water partition coefficient (Wildman–Crippen LogP) is 3.08. The normalized spacial score (nSPS) is 12.4. The van der Waals surface area contributed by atoms with Gasteiger partial charge in [0.15, 0.2) is 0 Å². The van der Waals surface area contributed by atoms with Crippen molar-refractivity contribution in [2.45, 2.75) is 39.2 Å². The molecule has 0 aliphatic carbocycles. The van der Waals surface area contributed by atoms with Gasteiger partial charge in [0.1, 0.15) is 5.60 Å². The maximum Gasteiger partial charge on any atom is 0.407 e. The average Bonchev–Trinajstić information content (AvgIpc) is 2.42. The Morgan fingerprint density at radius 2 is 1.91 bits per heavy atom. The first-order valence-corrected chi connectivity index (χ1v) is 7.52. The van der Waals surface area contributed by atoms with E-state index in [4.69, 9.17) is 4.74 Å². The van der Waals surface area contributed by atoms with Crippen LogP contribution in [-0.2, 0) is 4.74 Å². The minimum Gasteiger partial charge on any atom is -0.478 e. The molecular weight excluding hydrogens is 296 g/mol. The maximum absolute atomic E-state index is 11.7. The molecule has 1 aromatic carbocycles. The Morgan fingerprint density at radius 3 is 2.39 bits per heavy atom. The minimum atomic E-state index is -0.977. The summed E-state index contributed by atoms with van der Waals surface area (Å²) in [5.74, 6) is -1.14. The second kappa shape index (κ2) is 7.35. The molecule has 2 N–H and O–H groups in total. The third-order valence-electron chi connectivity index (χ3n) is 3.26. The van der Waals surface area contributed by atoms with E-state index >= 15 is 0 Å². The number of amides is 1. The van der Waals surface area contributed by atoms with Crippen LogP contribution in [0.5, 0.6) is 0 Å². The van der Waals surface area contributed by atoms with Gasteiger partial charge in [-0.15, -0.1) is 0 Å². The van der Waals surface area contributed by atoms with Crippen molar-refractivity contribution >= 4 is 17.7 Å².